The zero-order valence-corrected chi connectivity index (χ0v) is 15.4. The molecule has 3 aromatic rings. The molecular formula is C18H16BrN5O2. The number of fused-ring (bicyclic) bond motifs is 1. The summed E-state index contributed by atoms with van der Waals surface area (Å²) in [6.45, 7) is 1.79. The first kappa shape index (κ1) is 17.7. The standard InChI is InChI=1S/C18H16BrN5O2/c1-10(23-24-18(20)21)11-2-5-14(6-3-11)22-17(25)16-9-12-8-13(19)4-7-15(12)26-16/h2-9H,1H3,(H,22,25)(H4,20,21,24)/b23-10+. The molecule has 0 aliphatic rings. The molecule has 5 N–H and O–H groups in total. The Bertz CT molecular complexity index is 1010. The summed E-state index contributed by atoms with van der Waals surface area (Å²) in [6, 6.07) is 14.4. The van der Waals surface area contributed by atoms with Crippen LogP contribution in [0.2, 0.25) is 0 Å². The molecular weight excluding hydrogens is 398 g/mol. The minimum absolute atomic E-state index is 0.230. The van der Waals surface area contributed by atoms with Crippen molar-refractivity contribution in [1.82, 2.24) is 5.43 Å². The van der Waals surface area contributed by atoms with Gasteiger partial charge in [0.2, 0.25) is 5.96 Å². The lowest BCUT2D eigenvalue weighted by molar-refractivity contribution is 0.0998. The van der Waals surface area contributed by atoms with Gasteiger partial charge in [-0.05, 0) is 48.9 Å². The second-order valence-electron chi connectivity index (χ2n) is 5.55. The highest BCUT2D eigenvalue weighted by Crippen LogP contribution is 2.24. The van der Waals surface area contributed by atoms with E-state index in [0.29, 0.717) is 17.0 Å². The third-order valence-electron chi connectivity index (χ3n) is 3.61. The van der Waals surface area contributed by atoms with Crippen molar-refractivity contribution in [2.75, 3.05) is 5.32 Å². The van der Waals surface area contributed by atoms with E-state index >= 15 is 0 Å². The number of halogens is 1. The number of benzene rings is 2. The summed E-state index contributed by atoms with van der Waals surface area (Å²) < 4.78 is 6.50. The predicted molar refractivity (Wildman–Crippen MR) is 106 cm³/mol. The van der Waals surface area contributed by atoms with E-state index in [1.807, 2.05) is 30.3 Å². The van der Waals surface area contributed by atoms with Gasteiger partial charge in [0.05, 0.1) is 5.71 Å². The van der Waals surface area contributed by atoms with Gasteiger partial charge in [-0.3, -0.25) is 10.2 Å². The SMILES string of the molecule is C/C(=N\NC(=N)N)c1ccc(NC(=O)c2cc3cc(Br)ccc3o2)cc1. The zero-order valence-electron chi connectivity index (χ0n) is 13.8. The van der Waals surface area contributed by atoms with Crippen LogP contribution in [0.15, 0.2) is 62.5 Å². The molecule has 0 bridgehead atoms. The topological polar surface area (TPSA) is 117 Å². The van der Waals surface area contributed by atoms with Crippen LogP contribution in [0.25, 0.3) is 11.0 Å². The summed E-state index contributed by atoms with van der Waals surface area (Å²) in [5.41, 5.74) is 10.4. The summed E-state index contributed by atoms with van der Waals surface area (Å²) in [4.78, 5) is 12.4. The molecule has 132 valence electrons. The van der Waals surface area contributed by atoms with Crippen LogP contribution in [0, 0.1) is 5.41 Å². The highest BCUT2D eigenvalue weighted by atomic mass is 79.9. The van der Waals surface area contributed by atoms with E-state index in [1.54, 1.807) is 25.1 Å². The Labute approximate surface area is 157 Å². The number of anilines is 1. The Morgan fingerprint density at radius 2 is 1.92 bits per heavy atom. The highest BCUT2D eigenvalue weighted by Gasteiger charge is 2.13. The number of furan rings is 1. The molecule has 7 nitrogen and oxygen atoms in total. The lowest BCUT2D eigenvalue weighted by Gasteiger charge is -2.05. The molecule has 0 unspecified atom stereocenters. The van der Waals surface area contributed by atoms with Crippen molar-refractivity contribution >= 4 is 50.2 Å². The predicted octanol–water partition coefficient (Wildman–Crippen LogP) is 3.65. The number of amides is 1. The molecule has 26 heavy (non-hydrogen) atoms. The van der Waals surface area contributed by atoms with Crippen LogP contribution in [0.5, 0.6) is 0 Å². The highest BCUT2D eigenvalue weighted by molar-refractivity contribution is 9.10. The summed E-state index contributed by atoms with van der Waals surface area (Å²) in [5, 5.41) is 14.7. The van der Waals surface area contributed by atoms with Crippen LogP contribution in [0.3, 0.4) is 0 Å². The van der Waals surface area contributed by atoms with Crippen LogP contribution in [-0.2, 0) is 0 Å². The summed E-state index contributed by atoms with van der Waals surface area (Å²) >= 11 is 3.39. The normalized spacial score (nSPS) is 11.4. The average molecular weight is 414 g/mol. The molecule has 2 aromatic carbocycles. The number of nitrogens with zero attached hydrogens (tertiary/aromatic N) is 1. The smallest absolute Gasteiger partial charge is 0.291 e. The second kappa shape index (κ2) is 7.40. The fourth-order valence-electron chi connectivity index (χ4n) is 2.32. The second-order valence-corrected chi connectivity index (χ2v) is 6.46. The van der Waals surface area contributed by atoms with E-state index in [1.165, 1.54) is 0 Å². The quantitative estimate of drug-likeness (QED) is 0.296. The number of rotatable bonds is 4. The molecule has 8 heteroatoms. The molecule has 1 aromatic heterocycles. The van der Waals surface area contributed by atoms with Crippen molar-refractivity contribution in [1.29, 1.82) is 5.41 Å². The zero-order chi connectivity index (χ0) is 18.7. The first-order valence-electron chi connectivity index (χ1n) is 7.67. The van der Waals surface area contributed by atoms with Gasteiger partial charge < -0.3 is 15.5 Å². The van der Waals surface area contributed by atoms with Crippen molar-refractivity contribution in [2.24, 2.45) is 10.8 Å². The first-order valence-corrected chi connectivity index (χ1v) is 8.47. The van der Waals surface area contributed by atoms with Crippen LogP contribution in [0.4, 0.5) is 5.69 Å². The Hall–Kier alpha value is -3.13. The van der Waals surface area contributed by atoms with Crippen LogP contribution < -0.4 is 16.5 Å². The van der Waals surface area contributed by atoms with Crippen LogP contribution in [0.1, 0.15) is 23.0 Å². The maximum absolute atomic E-state index is 12.4. The number of carbonyl (C=O) groups excluding carboxylic acids is 1. The van der Waals surface area contributed by atoms with E-state index in [9.17, 15) is 4.79 Å². The van der Waals surface area contributed by atoms with Crippen molar-refractivity contribution in [3.63, 3.8) is 0 Å². The van der Waals surface area contributed by atoms with Gasteiger partial charge in [0.15, 0.2) is 5.76 Å². The van der Waals surface area contributed by atoms with Gasteiger partial charge in [0.25, 0.3) is 5.91 Å². The van der Waals surface area contributed by atoms with E-state index < -0.39 is 0 Å². The maximum atomic E-state index is 12.4. The lowest BCUT2D eigenvalue weighted by Crippen LogP contribution is -2.26. The van der Waals surface area contributed by atoms with Crippen LogP contribution >= 0.6 is 15.9 Å². The van der Waals surface area contributed by atoms with E-state index in [0.717, 1.165) is 15.4 Å². The number of nitrogens with one attached hydrogen (secondary N) is 3. The minimum atomic E-state index is -0.325. The molecule has 0 saturated carbocycles. The summed E-state index contributed by atoms with van der Waals surface area (Å²) in [5.74, 6) is -0.314. The Morgan fingerprint density at radius 1 is 1.19 bits per heavy atom. The molecule has 0 aliphatic heterocycles. The molecule has 1 amide bonds. The third kappa shape index (κ3) is 4.09. The van der Waals surface area contributed by atoms with Crippen molar-refractivity contribution in [3.05, 3.63) is 64.3 Å². The molecule has 0 aliphatic carbocycles. The van der Waals surface area contributed by atoms with E-state index in [4.69, 9.17) is 15.6 Å². The van der Waals surface area contributed by atoms with Gasteiger partial charge in [0, 0.05) is 15.5 Å². The van der Waals surface area contributed by atoms with Gasteiger partial charge in [0.1, 0.15) is 5.58 Å². The molecule has 0 spiro atoms. The third-order valence-corrected chi connectivity index (χ3v) is 4.10. The molecule has 0 fully saturated rings. The fraction of sp³-hybridized carbons (Fsp3) is 0.0556. The monoisotopic (exact) mass is 413 g/mol. The van der Waals surface area contributed by atoms with Crippen molar-refractivity contribution in [2.45, 2.75) is 6.92 Å². The summed E-state index contributed by atoms with van der Waals surface area (Å²) in [6.07, 6.45) is 0. The van der Waals surface area contributed by atoms with Gasteiger partial charge in [-0.15, -0.1) is 0 Å². The van der Waals surface area contributed by atoms with Gasteiger partial charge in [-0.1, -0.05) is 28.1 Å². The van der Waals surface area contributed by atoms with Gasteiger partial charge >= 0.3 is 0 Å². The van der Waals surface area contributed by atoms with Crippen molar-refractivity contribution in [3.8, 4) is 0 Å². The van der Waals surface area contributed by atoms with E-state index in [2.05, 4.69) is 31.8 Å². The number of hydrogen-bond acceptors (Lipinski definition) is 4. The Morgan fingerprint density at radius 3 is 2.62 bits per heavy atom. The lowest BCUT2D eigenvalue weighted by atomic mass is 10.1. The molecule has 0 saturated heterocycles. The molecule has 0 radical (unpaired) electrons. The maximum Gasteiger partial charge on any atom is 0.291 e. The Balaban J connectivity index is 1.72. The molecule has 3 rings (SSSR count). The number of hydrazone groups is 1. The van der Waals surface area contributed by atoms with Crippen LogP contribution in [-0.4, -0.2) is 17.6 Å². The van der Waals surface area contributed by atoms with Gasteiger partial charge in [-0.25, -0.2) is 5.43 Å². The summed E-state index contributed by atoms with van der Waals surface area (Å²) in [7, 11) is 0. The molecule has 0 atom stereocenters. The Kier molecular flexibility index (Phi) is 5.04. The van der Waals surface area contributed by atoms with Crippen molar-refractivity contribution < 1.29 is 9.21 Å². The number of nitrogens with two attached hydrogens (primary N) is 1. The number of guanidine groups is 1. The first-order chi connectivity index (χ1) is 12.4. The average Bonchev–Trinajstić information content (AvgIpc) is 3.03. The van der Waals surface area contributed by atoms with Gasteiger partial charge in [-0.2, -0.15) is 5.10 Å². The fourth-order valence-corrected chi connectivity index (χ4v) is 2.70. The minimum Gasteiger partial charge on any atom is -0.451 e. The largest absolute Gasteiger partial charge is 0.451 e. The molecule has 1 heterocycles. The van der Waals surface area contributed by atoms with E-state index in [-0.39, 0.29) is 17.6 Å². The number of hydrogen-bond donors (Lipinski definition) is 4. The number of carbonyl (C=O) groups is 1.